The van der Waals surface area contributed by atoms with Crippen LogP contribution in [0.15, 0.2) is 36.4 Å². The van der Waals surface area contributed by atoms with Crippen LogP contribution in [0.4, 0.5) is 5.69 Å². The van der Waals surface area contributed by atoms with Crippen LogP contribution in [0.2, 0.25) is 0 Å². The van der Waals surface area contributed by atoms with Crippen molar-refractivity contribution in [1.29, 1.82) is 0 Å². The second-order valence-electron chi connectivity index (χ2n) is 5.58. The summed E-state index contributed by atoms with van der Waals surface area (Å²) in [4.78, 5) is 50.3. The van der Waals surface area contributed by atoms with Crippen LogP contribution in [-0.2, 0) is 14.3 Å². The van der Waals surface area contributed by atoms with Gasteiger partial charge >= 0.3 is 5.97 Å². The Hall–Kier alpha value is -2.80. The van der Waals surface area contributed by atoms with Crippen LogP contribution < -0.4 is 4.90 Å². The monoisotopic (exact) mass is 357 g/mol. The van der Waals surface area contributed by atoms with Gasteiger partial charge < -0.3 is 4.74 Å². The molecule has 1 aromatic carbocycles. The topological polar surface area (TPSA) is 80.8 Å². The van der Waals surface area contributed by atoms with E-state index in [1.165, 1.54) is 23.5 Å². The van der Waals surface area contributed by atoms with Crippen molar-refractivity contribution in [1.82, 2.24) is 0 Å². The van der Waals surface area contributed by atoms with E-state index in [4.69, 9.17) is 4.74 Å². The number of thiophene rings is 1. The van der Waals surface area contributed by atoms with Crippen molar-refractivity contribution in [2.24, 2.45) is 0 Å². The number of hydrogen-bond donors (Lipinski definition) is 0. The molecule has 3 rings (SSSR count). The van der Waals surface area contributed by atoms with Crippen LogP contribution in [0.1, 0.15) is 37.7 Å². The predicted molar refractivity (Wildman–Crippen MR) is 91.8 cm³/mol. The molecule has 128 valence electrons. The van der Waals surface area contributed by atoms with Crippen LogP contribution >= 0.6 is 11.3 Å². The van der Waals surface area contributed by atoms with Crippen LogP contribution in [0.25, 0.3) is 0 Å². The minimum atomic E-state index is -0.678. The molecule has 25 heavy (non-hydrogen) atoms. The van der Waals surface area contributed by atoms with E-state index in [1.807, 2.05) is 13.0 Å². The molecule has 2 aromatic rings. The summed E-state index contributed by atoms with van der Waals surface area (Å²) in [5.74, 6) is -1.53. The maximum atomic E-state index is 12.2. The molecule has 1 saturated heterocycles. The number of benzene rings is 1. The molecule has 6 nitrogen and oxygen atoms in total. The molecule has 0 atom stereocenters. The van der Waals surface area contributed by atoms with Crippen molar-refractivity contribution in [3.05, 3.63) is 51.7 Å². The molecule has 1 fully saturated rings. The molecule has 0 aliphatic carbocycles. The van der Waals surface area contributed by atoms with Gasteiger partial charge in [0, 0.05) is 17.7 Å². The number of esters is 1. The van der Waals surface area contributed by atoms with Crippen molar-refractivity contribution in [3.8, 4) is 0 Å². The van der Waals surface area contributed by atoms with Gasteiger partial charge in [-0.1, -0.05) is 6.07 Å². The molecular formula is C18H15NO5S. The number of hydrogen-bond acceptors (Lipinski definition) is 6. The third kappa shape index (κ3) is 3.66. The Bertz CT molecular complexity index is 854. The molecule has 1 aliphatic heterocycles. The number of anilines is 1. The van der Waals surface area contributed by atoms with Gasteiger partial charge in [-0.05, 0) is 37.3 Å². The number of ether oxygens (including phenoxy) is 1. The van der Waals surface area contributed by atoms with Gasteiger partial charge in [-0.3, -0.25) is 19.3 Å². The van der Waals surface area contributed by atoms with Gasteiger partial charge in [-0.2, -0.15) is 0 Å². The third-order valence-corrected chi connectivity index (χ3v) is 4.78. The van der Waals surface area contributed by atoms with Crippen LogP contribution in [0.5, 0.6) is 0 Å². The highest BCUT2D eigenvalue weighted by Crippen LogP contribution is 2.23. The maximum Gasteiger partial charge on any atom is 0.338 e. The summed E-state index contributed by atoms with van der Waals surface area (Å²) < 4.78 is 5.05. The zero-order valence-corrected chi connectivity index (χ0v) is 14.3. The normalized spacial score (nSPS) is 14.0. The van der Waals surface area contributed by atoms with Crippen molar-refractivity contribution in [3.63, 3.8) is 0 Å². The Kier molecular flexibility index (Phi) is 4.76. The number of nitrogens with zero attached hydrogens (tertiary/aromatic N) is 1. The fraction of sp³-hybridized carbons (Fsp3) is 0.222. The number of imide groups is 1. The lowest BCUT2D eigenvalue weighted by Gasteiger charge is -2.14. The van der Waals surface area contributed by atoms with Crippen LogP contribution in [-0.4, -0.2) is 30.2 Å². The number of aryl methyl sites for hydroxylation is 1. The summed E-state index contributed by atoms with van der Waals surface area (Å²) in [7, 11) is 0. The second-order valence-corrected chi connectivity index (χ2v) is 6.87. The van der Waals surface area contributed by atoms with Crippen molar-refractivity contribution in [2.75, 3.05) is 11.5 Å². The molecule has 2 amide bonds. The fourth-order valence-corrected chi connectivity index (χ4v) is 3.30. The fourth-order valence-electron chi connectivity index (χ4n) is 2.51. The standard InChI is InChI=1S/C18H15NO5S/c1-11-5-6-15(25-11)14(20)10-24-18(23)12-3-2-4-13(9-12)19-16(21)7-8-17(19)22/h2-6,9H,7-8,10H2,1H3. The zero-order valence-electron chi connectivity index (χ0n) is 13.5. The van der Waals surface area contributed by atoms with E-state index in [0.717, 1.165) is 9.78 Å². The van der Waals surface area contributed by atoms with E-state index in [1.54, 1.807) is 18.2 Å². The predicted octanol–water partition coefficient (Wildman–Crippen LogP) is 2.75. The quantitative estimate of drug-likeness (QED) is 0.467. The Morgan fingerprint density at radius 2 is 1.84 bits per heavy atom. The number of Topliss-reactive ketones (excluding diaryl/α,β-unsaturated/α-hetero) is 1. The molecule has 0 bridgehead atoms. The molecule has 0 spiro atoms. The minimum Gasteiger partial charge on any atom is -0.454 e. The first kappa shape index (κ1) is 17.0. The van der Waals surface area contributed by atoms with E-state index in [0.29, 0.717) is 10.6 Å². The number of rotatable bonds is 5. The molecule has 0 N–H and O–H groups in total. The zero-order chi connectivity index (χ0) is 18.0. The lowest BCUT2D eigenvalue weighted by molar-refractivity contribution is -0.121. The average molecular weight is 357 g/mol. The van der Waals surface area contributed by atoms with Gasteiger partial charge in [0.2, 0.25) is 17.6 Å². The molecule has 7 heteroatoms. The summed E-state index contributed by atoms with van der Waals surface area (Å²) in [5, 5.41) is 0. The SMILES string of the molecule is Cc1ccc(C(=O)COC(=O)c2cccc(N3C(=O)CCC3=O)c2)s1. The molecule has 1 aromatic heterocycles. The Morgan fingerprint density at radius 1 is 1.12 bits per heavy atom. The Morgan fingerprint density at radius 3 is 2.48 bits per heavy atom. The van der Waals surface area contributed by atoms with Gasteiger partial charge in [0.25, 0.3) is 0 Å². The summed E-state index contributed by atoms with van der Waals surface area (Å²) in [5.41, 5.74) is 0.516. The van der Waals surface area contributed by atoms with Crippen LogP contribution in [0.3, 0.4) is 0 Å². The number of carbonyl (C=O) groups is 4. The maximum absolute atomic E-state index is 12.2. The summed E-state index contributed by atoms with van der Waals surface area (Å²) in [6, 6.07) is 9.60. The van der Waals surface area contributed by atoms with Crippen LogP contribution in [0, 0.1) is 6.92 Å². The van der Waals surface area contributed by atoms with Crippen molar-refractivity contribution >= 4 is 40.6 Å². The average Bonchev–Trinajstić information content (AvgIpc) is 3.18. The molecule has 0 saturated carbocycles. The lowest BCUT2D eigenvalue weighted by atomic mass is 10.2. The highest BCUT2D eigenvalue weighted by molar-refractivity contribution is 7.14. The summed E-state index contributed by atoms with van der Waals surface area (Å²) in [6.45, 7) is 1.53. The number of amides is 2. The van der Waals surface area contributed by atoms with Gasteiger partial charge in [-0.25, -0.2) is 4.79 Å². The number of carbonyl (C=O) groups excluding carboxylic acids is 4. The van der Waals surface area contributed by atoms with Crippen molar-refractivity contribution < 1.29 is 23.9 Å². The van der Waals surface area contributed by atoms with E-state index in [2.05, 4.69) is 0 Å². The Labute approximate surface area is 148 Å². The molecule has 2 heterocycles. The molecule has 0 radical (unpaired) electrons. The summed E-state index contributed by atoms with van der Waals surface area (Å²) in [6.07, 6.45) is 0.338. The summed E-state index contributed by atoms with van der Waals surface area (Å²) >= 11 is 1.34. The molecule has 0 unspecified atom stereocenters. The molecular weight excluding hydrogens is 342 g/mol. The highest BCUT2D eigenvalue weighted by atomic mass is 32.1. The van der Waals surface area contributed by atoms with Crippen molar-refractivity contribution in [2.45, 2.75) is 19.8 Å². The lowest BCUT2D eigenvalue weighted by Crippen LogP contribution is -2.28. The van der Waals surface area contributed by atoms with E-state index in [-0.39, 0.29) is 42.6 Å². The van der Waals surface area contributed by atoms with Gasteiger partial charge in [0.1, 0.15) is 0 Å². The number of ketones is 1. The Balaban J connectivity index is 1.68. The minimum absolute atomic E-state index is 0.169. The van der Waals surface area contributed by atoms with E-state index < -0.39 is 5.97 Å². The highest BCUT2D eigenvalue weighted by Gasteiger charge is 2.30. The van der Waals surface area contributed by atoms with E-state index >= 15 is 0 Å². The first-order valence-corrected chi connectivity index (χ1v) is 8.50. The first-order chi connectivity index (χ1) is 12.0. The van der Waals surface area contributed by atoms with Gasteiger partial charge in [-0.15, -0.1) is 11.3 Å². The van der Waals surface area contributed by atoms with Gasteiger partial charge in [0.05, 0.1) is 16.1 Å². The van der Waals surface area contributed by atoms with E-state index in [9.17, 15) is 19.2 Å². The largest absolute Gasteiger partial charge is 0.454 e. The third-order valence-electron chi connectivity index (χ3n) is 3.74. The smallest absolute Gasteiger partial charge is 0.338 e. The molecule has 1 aliphatic rings. The first-order valence-electron chi connectivity index (χ1n) is 7.68. The van der Waals surface area contributed by atoms with Gasteiger partial charge in [0.15, 0.2) is 6.61 Å². The second kappa shape index (κ2) is 6.98.